The van der Waals surface area contributed by atoms with Crippen LogP contribution in [0.15, 0.2) is 48.5 Å². The van der Waals surface area contributed by atoms with Gasteiger partial charge in [0.05, 0.1) is 26.2 Å². The predicted molar refractivity (Wildman–Crippen MR) is 129 cm³/mol. The lowest BCUT2D eigenvalue weighted by atomic mass is 9.82. The van der Waals surface area contributed by atoms with Gasteiger partial charge in [-0.05, 0) is 48.6 Å². The van der Waals surface area contributed by atoms with E-state index < -0.39 is 23.8 Å². The van der Waals surface area contributed by atoms with Gasteiger partial charge in [-0.15, -0.1) is 0 Å². The number of carbonyl (C=O) groups excluding carboxylic acids is 1. The van der Waals surface area contributed by atoms with E-state index in [1.54, 1.807) is 7.11 Å². The smallest absolute Gasteiger partial charge is 0.490 e. The number of unbranched alkanes of at least 4 members (excludes halogenated alkanes) is 1. The van der Waals surface area contributed by atoms with Crippen molar-refractivity contribution in [3.63, 3.8) is 0 Å². The highest BCUT2D eigenvalue weighted by atomic mass is 19.4. The topological polar surface area (TPSA) is 102 Å². The maximum Gasteiger partial charge on any atom is 0.490 e. The minimum atomic E-state index is -5.08. The number of halogens is 3. The van der Waals surface area contributed by atoms with Crippen molar-refractivity contribution in [2.45, 2.75) is 50.9 Å². The Bertz CT molecular complexity index is 1010. The Morgan fingerprint density at radius 1 is 1.14 bits per heavy atom. The van der Waals surface area contributed by atoms with Gasteiger partial charge in [0.25, 0.3) is 0 Å². The maximum atomic E-state index is 12.9. The van der Waals surface area contributed by atoms with Crippen molar-refractivity contribution in [1.29, 1.82) is 0 Å². The zero-order chi connectivity index (χ0) is 26.9. The summed E-state index contributed by atoms with van der Waals surface area (Å²) in [7, 11) is 1.64. The van der Waals surface area contributed by atoms with E-state index >= 15 is 0 Å². The molecule has 2 aromatic rings. The molecule has 1 aliphatic rings. The lowest BCUT2D eigenvalue weighted by molar-refractivity contribution is -0.192. The summed E-state index contributed by atoms with van der Waals surface area (Å²) in [4.78, 5) is 23.6. The fraction of sp³-hybridized carbons (Fsp3) is 0.462. The number of amides is 1. The first kappa shape index (κ1) is 29.1. The number of carboxylic acid groups (broad SMARTS) is 1. The van der Waals surface area contributed by atoms with E-state index in [1.165, 1.54) is 11.1 Å². The lowest BCUT2D eigenvalue weighted by Crippen LogP contribution is -2.65. The SMILES string of the molecule is CCCCOC1(c2ccccc2C)CN(C(=O)C(N)Cc2ccc(OC)cc2)C1.O=C(O)C(F)(F)F. The van der Waals surface area contributed by atoms with Crippen molar-refractivity contribution in [2.75, 3.05) is 26.8 Å². The molecule has 10 heteroatoms. The van der Waals surface area contributed by atoms with Crippen LogP contribution in [-0.2, 0) is 26.3 Å². The Hall–Kier alpha value is -3.11. The van der Waals surface area contributed by atoms with Crippen LogP contribution in [0.5, 0.6) is 5.75 Å². The van der Waals surface area contributed by atoms with Crippen LogP contribution in [0, 0.1) is 6.92 Å². The van der Waals surface area contributed by atoms with Crippen LogP contribution < -0.4 is 10.5 Å². The summed E-state index contributed by atoms with van der Waals surface area (Å²) in [6, 6.07) is 15.4. The number of nitrogens with two attached hydrogens (primary N) is 1. The van der Waals surface area contributed by atoms with E-state index in [2.05, 4.69) is 26.0 Å². The molecule has 3 N–H and O–H groups in total. The average Bonchev–Trinajstić information content (AvgIpc) is 2.81. The molecule has 0 aromatic heterocycles. The Morgan fingerprint density at radius 2 is 1.72 bits per heavy atom. The normalized spacial score (nSPS) is 15.2. The minimum absolute atomic E-state index is 0.0240. The van der Waals surface area contributed by atoms with E-state index in [0.717, 1.165) is 24.2 Å². The van der Waals surface area contributed by atoms with E-state index in [4.69, 9.17) is 25.1 Å². The Balaban J connectivity index is 0.000000572. The molecule has 1 saturated heterocycles. The fourth-order valence-corrected chi connectivity index (χ4v) is 3.90. The van der Waals surface area contributed by atoms with E-state index in [9.17, 15) is 18.0 Å². The van der Waals surface area contributed by atoms with E-state index in [1.807, 2.05) is 41.3 Å². The maximum absolute atomic E-state index is 12.9. The van der Waals surface area contributed by atoms with Gasteiger partial charge in [0.2, 0.25) is 5.91 Å². The number of hydrogen-bond acceptors (Lipinski definition) is 5. The van der Waals surface area contributed by atoms with Gasteiger partial charge in [-0.3, -0.25) is 4.79 Å². The van der Waals surface area contributed by atoms with Crippen molar-refractivity contribution in [3.8, 4) is 5.75 Å². The molecule has 0 saturated carbocycles. The van der Waals surface area contributed by atoms with Crippen molar-refractivity contribution in [2.24, 2.45) is 5.73 Å². The van der Waals surface area contributed by atoms with Crippen molar-refractivity contribution < 1.29 is 37.3 Å². The Morgan fingerprint density at radius 3 is 2.22 bits per heavy atom. The monoisotopic (exact) mass is 510 g/mol. The molecule has 0 bridgehead atoms. The number of benzene rings is 2. The highest BCUT2D eigenvalue weighted by molar-refractivity contribution is 5.83. The molecule has 0 radical (unpaired) electrons. The average molecular weight is 511 g/mol. The van der Waals surface area contributed by atoms with Crippen LogP contribution in [0.1, 0.15) is 36.5 Å². The highest BCUT2D eigenvalue weighted by Gasteiger charge is 2.49. The fourth-order valence-electron chi connectivity index (χ4n) is 3.90. The number of likely N-dealkylation sites (tertiary alicyclic amines) is 1. The first-order valence-electron chi connectivity index (χ1n) is 11.6. The summed E-state index contributed by atoms with van der Waals surface area (Å²) in [6.07, 6.45) is -2.48. The molecule has 7 nitrogen and oxygen atoms in total. The lowest BCUT2D eigenvalue weighted by Gasteiger charge is -2.51. The number of carboxylic acids is 1. The minimum Gasteiger partial charge on any atom is -0.497 e. The van der Waals surface area contributed by atoms with Gasteiger partial charge in [-0.1, -0.05) is 49.7 Å². The highest BCUT2D eigenvalue weighted by Crippen LogP contribution is 2.38. The molecule has 36 heavy (non-hydrogen) atoms. The van der Waals surface area contributed by atoms with E-state index in [-0.39, 0.29) is 5.91 Å². The molecule has 1 aliphatic heterocycles. The summed E-state index contributed by atoms with van der Waals surface area (Å²) >= 11 is 0. The number of aliphatic carboxylic acids is 1. The summed E-state index contributed by atoms with van der Waals surface area (Å²) in [5.74, 6) is -1.99. The van der Waals surface area contributed by atoms with Crippen LogP contribution in [0.3, 0.4) is 0 Å². The van der Waals surface area contributed by atoms with Gasteiger partial charge in [0.15, 0.2) is 0 Å². The van der Waals surface area contributed by atoms with Crippen molar-refractivity contribution in [1.82, 2.24) is 4.90 Å². The molecule has 3 rings (SSSR count). The first-order valence-corrected chi connectivity index (χ1v) is 11.6. The van der Waals surface area contributed by atoms with Crippen LogP contribution in [0.25, 0.3) is 0 Å². The van der Waals surface area contributed by atoms with Crippen molar-refractivity contribution >= 4 is 11.9 Å². The molecule has 0 aliphatic carbocycles. The molecule has 1 unspecified atom stereocenters. The Labute approximate surface area is 209 Å². The third-order valence-electron chi connectivity index (χ3n) is 5.89. The van der Waals surface area contributed by atoms with Crippen LogP contribution >= 0.6 is 0 Å². The summed E-state index contributed by atoms with van der Waals surface area (Å²) < 4.78 is 43.2. The van der Waals surface area contributed by atoms with E-state index in [0.29, 0.717) is 26.1 Å². The quantitative estimate of drug-likeness (QED) is 0.494. The van der Waals surface area contributed by atoms with Gasteiger partial charge >= 0.3 is 12.1 Å². The van der Waals surface area contributed by atoms with Gasteiger partial charge in [0.1, 0.15) is 11.4 Å². The van der Waals surface area contributed by atoms with Crippen LogP contribution in [0.2, 0.25) is 0 Å². The molecule has 1 heterocycles. The zero-order valence-corrected chi connectivity index (χ0v) is 20.7. The second-order valence-corrected chi connectivity index (χ2v) is 8.67. The molecular weight excluding hydrogens is 477 g/mol. The zero-order valence-electron chi connectivity index (χ0n) is 20.7. The molecule has 2 aromatic carbocycles. The number of nitrogens with zero attached hydrogens (tertiary/aromatic N) is 1. The van der Waals surface area contributed by atoms with Gasteiger partial charge < -0.3 is 25.2 Å². The molecular formula is C26H33F3N2O5. The van der Waals surface area contributed by atoms with Crippen LogP contribution in [0.4, 0.5) is 13.2 Å². The molecule has 1 atom stereocenters. The number of hydrogen-bond donors (Lipinski definition) is 2. The van der Waals surface area contributed by atoms with Crippen molar-refractivity contribution in [3.05, 3.63) is 65.2 Å². The number of aryl methyl sites for hydroxylation is 1. The molecule has 198 valence electrons. The second kappa shape index (κ2) is 12.7. The second-order valence-electron chi connectivity index (χ2n) is 8.67. The number of alkyl halides is 3. The first-order chi connectivity index (χ1) is 16.9. The number of rotatable bonds is 9. The van der Waals surface area contributed by atoms with Gasteiger partial charge in [0, 0.05) is 6.61 Å². The number of ether oxygens (including phenoxy) is 2. The standard InChI is InChI=1S/C24H32N2O3.C2HF3O2/c1-4-5-14-29-24(21-9-7-6-8-18(21)2)16-26(17-24)23(27)22(25)15-19-10-12-20(28-3)13-11-19;3-2(4,5)1(6)7/h6-13,22H,4-5,14-17,25H2,1-3H3;(H,6,7). The Kier molecular flexibility index (Phi) is 10.3. The molecule has 0 spiro atoms. The number of methoxy groups -OCH3 is 1. The summed E-state index contributed by atoms with van der Waals surface area (Å²) in [5.41, 5.74) is 9.21. The molecule has 1 amide bonds. The summed E-state index contributed by atoms with van der Waals surface area (Å²) in [6.45, 7) is 6.05. The third-order valence-corrected chi connectivity index (χ3v) is 5.89. The number of carbonyl (C=O) groups is 2. The van der Waals surface area contributed by atoms with Gasteiger partial charge in [-0.2, -0.15) is 13.2 Å². The largest absolute Gasteiger partial charge is 0.497 e. The van der Waals surface area contributed by atoms with Crippen LogP contribution in [-0.4, -0.2) is 60.9 Å². The predicted octanol–water partition coefficient (Wildman–Crippen LogP) is 4.06. The molecule has 1 fully saturated rings. The summed E-state index contributed by atoms with van der Waals surface area (Å²) in [5, 5.41) is 7.12. The third kappa shape index (κ3) is 7.69. The van der Waals surface area contributed by atoms with Gasteiger partial charge in [-0.25, -0.2) is 4.79 Å².